The molecule has 4 aromatic rings. The number of halogens is 1. The lowest BCUT2D eigenvalue weighted by atomic mass is 10.0. The molecule has 0 aliphatic heterocycles. The van der Waals surface area contributed by atoms with Crippen molar-refractivity contribution in [1.82, 2.24) is 19.5 Å². The summed E-state index contributed by atoms with van der Waals surface area (Å²) in [5, 5.41) is 0.933. The molecule has 112 valence electrons. The van der Waals surface area contributed by atoms with Crippen LogP contribution in [0.5, 0.6) is 0 Å². The average molecular weight is 304 g/mol. The highest BCUT2D eigenvalue weighted by Gasteiger charge is 2.09. The van der Waals surface area contributed by atoms with E-state index in [0.29, 0.717) is 5.56 Å². The van der Waals surface area contributed by atoms with E-state index in [4.69, 9.17) is 0 Å². The molecule has 0 radical (unpaired) electrons. The fraction of sp³-hybridized carbons (Fsp3) is 0.0556. The summed E-state index contributed by atoms with van der Waals surface area (Å²) >= 11 is 0. The molecule has 0 bridgehead atoms. The summed E-state index contributed by atoms with van der Waals surface area (Å²) < 4.78 is 15.4. The normalized spacial score (nSPS) is 11.0. The van der Waals surface area contributed by atoms with Crippen LogP contribution in [0.15, 0.2) is 61.4 Å². The van der Waals surface area contributed by atoms with Gasteiger partial charge in [-0.1, -0.05) is 0 Å². The maximum atomic E-state index is 13.5. The van der Waals surface area contributed by atoms with Gasteiger partial charge in [-0.2, -0.15) is 0 Å². The Kier molecular flexibility index (Phi) is 3.12. The molecule has 0 aliphatic carbocycles. The van der Waals surface area contributed by atoms with Crippen molar-refractivity contribution < 1.29 is 4.39 Å². The van der Waals surface area contributed by atoms with Crippen LogP contribution < -0.4 is 0 Å². The molecule has 0 spiro atoms. The van der Waals surface area contributed by atoms with Crippen molar-refractivity contribution in [3.05, 3.63) is 72.8 Å². The van der Waals surface area contributed by atoms with Crippen molar-refractivity contribution in [2.45, 2.75) is 6.92 Å². The number of fused-ring (bicyclic) bond motifs is 1. The van der Waals surface area contributed by atoms with Gasteiger partial charge in [-0.25, -0.2) is 19.3 Å². The zero-order valence-corrected chi connectivity index (χ0v) is 12.4. The summed E-state index contributed by atoms with van der Waals surface area (Å²) in [6, 6.07) is 11.0. The van der Waals surface area contributed by atoms with Crippen LogP contribution in [0.1, 0.15) is 5.56 Å². The number of hydrogen-bond acceptors (Lipinski definition) is 3. The van der Waals surface area contributed by atoms with Crippen LogP contribution in [0, 0.1) is 12.7 Å². The average Bonchev–Trinajstić information content (AvgIpc) is 3.11. The van der Waals surface area contributed by atoms with E-state index in [2.05, 4.69) is 15.0 Å². The monoisotopic (exact) mass is 304 g/mol. The Morgan fingerprint density at radius 3 is 2.74 bits per heavy atom. The van der Waals surface area contributed by atoms with Crippen molar-refractivity contribution >= 4 is 10.9 Å². The van der Waals surface area contributed by atoms with Crippen LogP contribution in [0.2, 0.25) is 0 Å². The van der Waals surface area contributed by atoms with Gasteiger partial charge in [-0.15, -0.1) is 0 Å². The van der Waals surface area contributed by atoms with Crippen LogP contribution in [0.25, 0.3) is 27.8 Å². The molecule has 2 aromatic heterocycles. The third kappa shape index (κ3) is 2.36. The predicted molar refractivity (Wildman–Crippen MR) is 86.8 cm³/mol. The Morgan fingerprint density at radius 1 is 1.04 bits per heavy atom. The van der Waals surface area contributed by atoms with Gasteiger partial charge >= 0.3 is 0 Å². The van der Waals surface area contributed by atoms with Gasteiger partial charge in [0.15, 0.2) is 0 Å². The van der Waals surface area contributed by atoms with Crippen molar-refractivity contribution in [2.75, 3.05) is 0 Å². The Labute approximate surface area is 132 Å². The number of hydrogen-bond donors (Lipinski definition) is 0. The molecule has 0 N–H and O–H groups in total. The number of nitrogens with zero attached hydrogens (tertiary/aromatic N) is 4. The topological polar surface area (TPSA) is 43.6 Å². The first-order chi connectivity index (χ1) is 11.2. The molecule has 0 atom stereocenters. The summed E-state index contributed by atoms with van der Waals surface area (Å²) in [5.74, 6) is -0.213. The quantitative estimate of drug-likeness (QED) is 0.563. The van der Waals surface area contributed by atoms with Crippen molar-refractivity contribution in [1.29, 1.82) is 0 Å². The number of benzene rings is 2. The second-order valence-electron chi connectivity index (χ2n) is 5.36. The Morgan fingerprint density at radius 2 is 1.96 bits per heavy atom. The van der Waals surface area contributed by atoms with Crippen LogP contribution >= 0.6 is 0 Å². The van der Waals surface area contributed by atoms with E-state index in [1.807, 2.05) is 29.0 Å². The van der Waals surface area contributed by atoms with Crippen LogP contribution in [0.4, 0.5) is 4.39 Å². The van der Waals surface area contributed by atoms with Gasteiger partial charge in [0.05, 0.1) is 17.5 Å². The molecule has 2 aromatic carbocycles. The van der Waals surface area contributed by atoms with E-state index >= 15 is 0 Å². The van der Waals surface area contributed by atoms with E-state index in [0.717, 1.165) is 27.8 Å². The molecule has 4 nitrogen and oxygen atoms in total. The van der Waals surface area contributed by atoms with Crippen LogP contribution in [-0.2, 0) is 0 Å². The molecule has 23 heavy (non-hydrogen) atoms. The molecular weight excluding hydrogens is 291 g/mol. The highest BCUT2D eigenvalue weighted by Crippen LogP contribution is 2.27. The lowest BCUT2D eigenvalue weighted by Crippen LogP contribution is -1.94. The van der Waals surface area contributed by atoms with E-state index in [1.165, 1.54) is 12.4 Å². The fourth-order valence-electron chi connectivity index (χ4n) is 2.64. The molecule has 0 saturated carbocycles. The zero-order valence-electron chi connectivity index (χ0n) is 12.4. The lowest BCUT2D eigenvalue weighted by molar-refractivity contribution is 0.619. The standard InChI is InChI=1S/C18H13FN4/c1-12-8-13(2-5-16(12)19)18-15-4-3-14(23-7-6-20-11-23)9-17(15)21-10-22-18/h2-11H,1H3. The first-order valence-corrected chi connectivity index (χ1v) is 7.22. The van der Waals surface area contributed by atoms with Crippen LogP contribution in [0.3, 0.4) is 0 Å². The summed E-state index contributed by atoms with van der Waals surface area (Å²) in [7, 11) is 0. The van der Waals surface area contributed by atoms with E-state index in [-0.39, 0.29) is 5.82 Å². The second kappa shape index (κ2) is 5.28. The zero-order chi connectivity index (χ0) is 15.8. The summed E-state index contributed by atoms with van der Waals surface area (Å²) in [6.07, 6.45) is 6.89. The van der Waals surface area contributed by atoms with Gasteiger partial charge in [0.1, 0.15) is 12.1 Å². The molecule has 0 fully saturated rings. The van der Waals surface area contributed by atoms with E-state index < -0.39 is 0 Å². The summed E-state index contributed by atoms with van der Waals surface area (Å²) in [5.41, 5.74) is 4.10. The lowest BCUT2D eigenvalue weighted by Gasteiger charge is -2.08. The van der Waals surface area contributed by atoms with E-state index in [1.54, 1.807) is 31.6 Å². The Bertz CT molecular complexity index is 993. The smallest absolute Gasteiger partial charge is 0.126 e. The molecular formula is C18H13FN4. The fourth-order valence-corrected chi connectivity index (χ4v) is 2.64. The van der Waals surface area contributed by atoms with Crippen LogP contribution in [-0.4, -0.2) is 19.5 Å². The highest BCUT2D eigenvalue weighted by atomic mass is 19.1. The Hall–Kier alpha value is -3.08. The highest BCUT2D eigenvalue weighted by molar-refractivity contribution is 5.93. The second-order valence-corrected chi connectivity index (χ2v) is 5.36. The first kappa shape index (κ1) is 13.6. The molecule has 0 unspecified atom stereocenters. The summed E-state index contributed by atoms with van der Waals surface area (Å²) in [6.45, 7) is 1.75. The van der Waals surface area contributed by atoms with Gasteiger partial charge in [-0.05, 0) is 48.9 Å². The third-order valence-electron chi connectivity index (χ3n) is 3.85. The molecule has 0 amide bonds. The van der Waals surface area contributed by atoms with Gasteiger partial charge in [0, 0.05) is 29.0 Å². The number of aromatic nitrogens is 4. The molecule has 5 heteroatoms. The minimum absolute atomic E-state index is 0.213. The van der Waals surface area contributed by atoms with Gasteiger partial charge in [0.25, 0.3) is 0 Å². The summed E-state index contributed by atoms with van der Waals surface area (Å²) in [4.78, 5) is 12.8. The predicted octanol–water partition coefficient (Wildman–Crippen LogP) is 3.93. The van der Waals surface area contributed by atoms with Gasteiger partial charge in [0.2, 0.25) is 0 Å². The van der Waals surface area contributed by atoms with Gasteiger partial charge < -0.3 is 4.57 Å². The minimum Gasteiger partial charge on any atom is -0.306 e. The maximum Gasteiger partial charge on any atom is 0.126 e. The SMILES string of the molecule is Cc1cc(-c2ncnc3cc(-n4ccnc4)ccc23)ccc1F. The van der Waals surface area contributed by atoms with E-state index in [9.17, 15) is 4.39 Å². The molecule has 4 rings (SSSR count). The largest absolute Gasteiger partial charge is 0.306 e. The number of imidazole rings is 1. The molecule has 0 saturated heterocycles. The molecule has 2 heterocycles. The van der Waals surface area contributed by atoms with Crippen molar-refractivity contribution in [3.8, 4) is 16.9 Å². The maximum absolute atomic E-state index is 13.5. The first-order valence-electron chi connectivity index (χ1n) is 7.22. The third-order valence-corrected chi connectivity index (χ3v) is 3.85. The van der Waals surface area contributed by atoms with Crippen molar-refractivity contribution in [2.24, 2.45) is 0 Å². The number of aryl methyl sites for hydroxylation is 1. The number of rotatable bonds is 2. The molecule has 0 aliphatic rings. The van der Waals surface area contributed by atoms with Gasteiger partial charge in [-0.3, -0.25) is 0 Å². The van der Waals surface area contributed by atoms with Crippen molar-refractivity contribution in [3.63, 3.8) is 0 Å². The Balaban J connectivity index is 1.89. The minimum atomic E-state index is -0.213.